The maximum Gasteiger partial charge on any atom is 0.300 e. The van der Waals surface area contributed by atoms with Crippen molar-refractivity contribution >= 4 is 5.97 Å². The van der Waals surface area contributed by atoms with E-state index in [0.29, 0.717) is 0 Å². The highest BCUT2D eigenvalue weighted by atomic mass is 16.6. The molecule has 0 aromatic carbocycles. The number of hydrogen-bond acceptors (Lipinski definition) is 7. The van der Waals surface area contributed by atoms with E-state index in [1.165, 1.54) is 0 Å². The van der Waals surface area contributed by atoms with Gasteiger partial charge in [0.2, 0.25) is 0 Å². The van der Waals surface area contributed by atoms with Gasteiger partial charge in [-0.05, 0) is 0 Å². The average Bonchev–Trinajstić information content (AvgIpc) is 2.19. The summed E-state index contributed by atoms with van der Waals surface area (Å²) >= 11 is 0. The van der Waals surface area contributed by atoms with Crippen LogP contribution in [0.3, 0.4) is 0 Å². The van der Waals surface area contributed by atoms with Gasteiger partial charge in [-0.3, -0.25) is 4.79 Å². The molecule has 0 bridgehead atoms. The summed E-state index contributed by atoms with van der Waals surface area (Å²) in [6, 6.07) is -1.04. The number of ether oxygens (including phenoxy) is 1. The quantitative estimate of drug-likeness (QED) is 0.280. The van der Waals surface area contributed by atoms with Gasteiger partial charge >= 0.3 is 0 Å². The van der Waals surface area contributed by atoms with Gasteiger partial charge < -0.3 is 36.0 Å². The molecule has 0 radical (unpaired) electrons. The highest BCUT2D eigenvalue weighted by Gasteiger charge is 2.41. The summed E-state index contributed by atoms with van der Waals surface area (Å²) in [6.07, 6.45) is -4.85. The molecule has 1 aliphatic rings. The fourth-order valence-electron chi connectivity index (χ4n) is 1.12. The third-order valence-corrected chi connectivity index (χ3v) is 1.95. The van der Waals surface area contributed by atoms with Crippen molar-refractivity contribution in [2.45, 2.75) is 37.6 Å². The summed E-state index contributed by atoms with van der Waals surface area (Å²) in [5, 5.41) is 43.5. The molecular formula is C8H17NO7. The summed E-state index contributed by atoms with van der Waals surface area (Å²) in [5.41, 5.74) is 5.26. The molecule has 0 saturated carbocycles. The van der Waals surface area contributed by atoms with E-state index in [0.717, 1.165) is 6.92 Å². The Balaban J connectivity index is 0.000000487. The van der Waals surface area contributed by atoms with Gasteiger partial charge in [0, 0.05) is 6.92 Å². The van der Waals surface area contributed by atoms with Crippen LogP contribution >= 0.6 is 0 Å². The zero-order chi connectivity index (χ0) is 12.9. The monoisotopic (exact) mass is 239 g/mol. The molecule has 1 rings (SSSR count). The third kappa shape index (κ3) is 4.39. The van der Waals surface area contributed by atoms with Crippen molar-refractivity contribution in [3.63, 3.8) is 0 Å². The van der Waals surface area contributed by atoms with Gasteiger partial charge in [-0.1, -0.05) is 0 Å². The van der Waals surface area contributed by atoms with E-state index in [2.05, 4.69) is 0 Å². The standard InChI is InChI=1S/C6H13NO5.C2H4O2/c7-3-5(10)4(9)2(1-8)12-6(3)11;1-2(3)4/h2-6,8-11H,1,7H2;1H3,(H,3,4)/t2-,3-,4-,5-,6?;/m1./s1. The van der Waals surface area contributed by atoms with E-state index in [9.17, 15) is 10.2 Å². The summed E-state index contributed by atoms with van der Waals surface area (Å²) in [5.74, 6) is -0.833. The molecule has 16 heavy (non-hydrogen) atoms. The van der Waals surface area contributed by atoms with Gasteiger partial charge in [-0.15, -0.1) is 0 Å². The number of aliphatic carboxylic acids is 1. The first-order chi connectivity index (χ1) is 7.31. The molecule has 0 amide bonds. The van der Waals surface area contributed by atoms with Crippen molar-refractivity contribution in [3.8, 4) is 0 Å². The van der Waals surface area contributed by atoms with Crippen molar-refractivity contribution in [1.29, 1.82) is 0 Å². The van der Waals surface area contributed by atoms with Gasteiger partial charge in [0.05, 0.1) is 12.6 Å². The summed E-state index contributed by atoms with van der Waals surface area (Å²) in [4.78, 5) is 9.00. The molecule has 1 saturated heterocycles. The van der Waals surface area contributed by atoms with E-state index in [1.807, 2.05) is 0 Å². The zero-order valence-electron chi connectivity index (χ0n) is 8.72. The van der Waals surface area contributed by atoms with Crippen LogP contribution in [-0.4, -0.2) is 68.8 Å². The van der Waals surface area contributed by atoms with Crippen LogP contribution in [0.5, 0.6) is 0 Å². The maximum absolute atomic E-state index is 9.20. The number of rotatable bonds is 1. The van der Waals surface area contributed by atoms with Crippen LogP contribution < -0.4 is 5.73 Å². The number of carboxylic acids is 1. The average molecular weight is 239 g/mol. The van der Waals surface area contributed by atoms with Crippen molar-refractivity contribution in [2.75, 3.05) is 6.61 Å². The Hall–Kier alpha value is -0.770. The van der Waals surface area contributed by atoms with Crippen molar-refractivity contribution in [3.05, 3.63) is 0 Å². The van der Waals surface area contributed by atoms with E-state index in [1.54, 1.807) is 0 Å². The largest absolute Gasteiger partial charge is 0.481 e. The Kier molecular flexibility index (Phi) is 6.41. The van der Waals surface area contributed by atoms with E-state index >= 15 is 0 Å². The number of carboxylic acid groups (broad SMARTS) is 1. The first-order valence-electron chi connectivity index (χ1n) is 4.56. The topological polar surface area (TPSA) is 153 Å². The highest BCUT2D eigenvalue weighted by Crippen LogP contribution is 2.17. The minimum absolute atomic E-state index is 0.470. The molecule has 0 aliphatic carbocycles. The molecule has 0 spiro atoms. The smallest absolute Gasteiger partial charge is 0.300 e. The molecular weight excluding hydrogens is 222 g/mol. The maximum atomic E-state index is 9.20. The number of carbonyl (C=O) groups is 1. The van der Waals surface area contributed by atoms with Crippen LogP contribution in [0.15, 0.2) is 0 Å². The second kappa shape index (κ2) is 6.74. The molecule has 0 aromatic rings. The molecule has 1 unspecified atom stereocenters. The third-order valence-electron chi connectivity index (χ3n) is 1.95. The fourth-order valence-corrected chi connectivity index (χ4v) is 1.12. The Morgan fingerprint density at radius 3 is 2.12 bits per heavy atom. The predicted molar refractivity (Wildman–Crippen MR) is 51.3 cm³/mol. The van der Waals surface area contributed by atoms with Gasteiger partial charge in [0.25, 0.3) is 5.97 Å². The van der Waals surface area contributed by atoms with Gasteiger partial charge in [0.15, 0.2) is 6.29 Å². The van der Waals surface area contributed by atoms with Crippen LogP contribution in [0.25, 0.3) is 0 Å². The molecule has 7 N–H and O–H groups in total. The molecule has 8 nitrogen and oxygen atoms in total. The first-order valence-corrected chi connectivity index (χ1v) is 4.56. The summed E-state index contributed by atoms with van der Waals surface area (Å²) in [6.45, 7) is 0.613. The molecule has 8 heteroatoms. The predicted octanol–water partition coefficient (Wildman–Crippen LogP) is -3.16. The van der Waals surface area contributed by atoms with Gasteiger partial charge in [-0.2, -0.15) is 0 Å². The first kappa shape index (κ1) is 15.2. The second-order valence-corrected chi connectivity index (χ2v) is 3.33. The van der Waals surface area contributed by atoms with Crippen LogP contribution in [0.1, 0.15) is 6.92 Å². The van der Waals surface area contributed by atoms with E-state index < -0.39 is 43.2 Å². The minimum atomic E-state index is -1.35. The van der Waals surface area contributed by atoms with Crippen molar-refractivity contribution in [2.24, 2.45) is 5.73 Å². The zero-order valence-corrected chi connectivity index (χ0v) is 8.72. The minimum Gasteiger partial charge on any atom is -0.481 e. The van der Waals surface area contributed by atoms with Crippen LogP contribution in [0, 0.1) is 0 Å². The lowest BCUT2D eigenvalue weighted by Gasteiger charge is -2.38. The number of aliphatic hydroxyl groups excluding tert-OH is 4. The van der Waals surface area contributed by atoms with Crippen molar-refractivity contribution < 1.29 is 35.1 Å². The SMILES string of the molecule is CC(=O)O.N[C@H]1C(O)O[C@H](CO)[C@@H](O)[C@@H]1O. The lowest BCUT2D eigenvalue weighted by molar-refractivity contribution is -0.248. The normalized spacial score (nSPS) is 38.5. The Morgan fingerprint density at radius 2 is 1.75 bits per heavy atom. The Labute approximate surface area is 91.9 Å². The lowest BCUT2D eigenvalue weighted by atomic mass is 9.98. The van der Waals surface area contributed by atoms with E-state index in [4.69, 9.17) is 30.6 Å². The van der Waals surface area contributed by atoms with Crippen LogP contribution in [-0.2, 0) is 9.53 Å². The summed E-state index contributed by atoms with van der Waals surface area (Å²) in [7, 11) is 0. The Morgan fingerprint density at radius 1 is 1.31 bits per heavy atom. The molecule has 1 fully saturated rings. The number of hydrogen-bond donors (Lipinski definition) is 6. The molecule has 0 aromatic heterocycles. The number of nitrogens with two attached hydrogens (primary N) is 1. The van der Waals surface area contributed by atoms with Gasteiger partial charge in [-0.25, -0.2) is 0 Å². The van der Waals surface area contributed by atoms with E-state index in [-0.39, 0.29) is 0 Å². The molecule has 1 heterocycles. The highest BCUT2D eigenvalue weighted by molar-refractivity contribution is 5.62. The van der Waals surface area contributed by atoms with Crippen molar-refractivity contribution in [1.82, 2.24) is 0 Å². The van der Waals surface area contributed by atoms with Crippen LogP contribution in [0.2, 0.25) is 0 Å². The number of aliphatic hydroxyl groups is 4. The van der Waals surface area contributed by atoms with Gasteiger partial charge in [0.1, 0.15) is 18.3 Å². The van der Waals surface area contributed by atoms with Crippen LogP contribution in [0.4, 0.5) is 0 Å². The summed E-state index contributed by atoms with van der Waals surface area (Å²) < 4.78 is 4.70. The fraction of sp³-hybridized carbons (Fsp3) is 0.875. The molecule has 96 valence electrons. The Bertz CT molecular complexity index is 216. The molecule has 1 aliphatic heterocycles. The lowest BCUT2D eigenvalue weighted by Crippen LogP contribution is -2.61. The second-order valence-electron chi connectivity index (χ2n) is 3.33. The molecule has 5 atom stereocenters.